The summed E-state index contributed by atoms with van der Waals surface area (Å²) in [5, 5.41) is 8.33. The summed E-state index contributed by atoms with van der Waals surface area (Å²) < 4.78 is 7.84. The normalized spacial score (nSPS) is 11.0. The van der Waals surface area contributed by atoms with Gasteiger partial charge in [0.2, 0.25) is 0 Å². The maximum atomic E-state index is 5.95. The minimum atomic E-state index is 0.453. The molecule has 0 spiro atoms. The Labute approximate surface area is 140 Å². The van der Waals surface area contributed by atoms with Gasteiger partial charge in [0.1, 0.15) is 17.7 Å². The van der Waals surface area contributed by atoms with Gasteiger partial charge in [-0.3, -0.25) is 4.98 Å². The summed E-state index contributed by atoms with van der Waals surface area (Å²) in [4.78, 5) is 9.51. The topological polar surface area (TPSA) is 69.6 Å². The summed E-state index contributed by atoms with van der Waals surface area (Å²) >= 11 is 7.40. The van der Waals surface area contributed by atoms with E-state index < -0.39 is 0 Å². The Bertz CT molecular complexity index is 930. The molecule has 0 N–H and O–H groups in total. The van der Waals surface area contributed by atoms with E-state index in [1.807, 2.05) is 36.4 Å². The number of rotatable bonds is 4. The van der Waals surface area contributed by atoms with E-state index in [-0.39, 0.29) is 0 Å². The second kappa shape index (κ2) is 5.94. The van der Waals surface area contributed by atoms with Crippen LogP contribution in [0.15, 0.2) is 53.4 Å². The molecule has 0 aliphatic carbocycles. The fourth-order valence-electron chi connectivity index (χ4n) is 2.18. The van der Waals surface area contributed by atoms with Crippen LogP contribution in [-0.2, 0) is 6.54 Å². The van der Waals surface area contributed by atoms with Crippen molar-refractivity contribution in [3.8, 4) is 22.2 Å². The van der Waals surface area contributed by atoms with E-state index in [0.29, 0.717) is 22.5 Å². The molecule has 0 unspecified atom stereocenters. The SMILES string of the molecule is Clc1ccc(-c2cc(Cn3ncnc3-c3ccccn3)no2)s1. The molecular formula is C15H10ClN5OS. The van der Waals surface area contributed by atoms with Crippen molar-refractivity contribution in [3.05, 3.63) is 59.0 Å². The molecule has 23 heavy (non-hydrogen) atoms. The second-order valence-corrected chi connectivity index (χ2v) is 6.46. The number of hydrogen-bond donors (Lipinski definition) is 0. The molecule has 0 bridgehead atoms. The fourth-order valence-corrected chi connectivity index (χ4v) is 3.17. The average Bonchev–Trinajstić information content (AvgIpc) is 3.29. The number of aromatic nitrogens is 5. The summed E-state index contributed by atoms with van der Waals surface area (Å²) in [5.74, 6) is 1.38. The third kappa shape index (κ3) is 2.88. The summed E-state index contributed by atoms with van der Waals surface area (Å²) in [6, 6.07) is 11.3. The van der Waals surface area contributed by atoms with E-state index in [4.69, 9.17) is 16.1 Å². The highest BCUT2D eigenvalue weighted by Crippen LogP contribution is 2.31. The van der Waals surface area contributed by atoms with Crippen molar-refractivity contribution < 1.29 is 4.52 Å². The molecule has 6 nitrogen and oxygen atoms in total. The van der Waals surface area contributed by atoms with Crippen molar-refractivity contribution in [2.45, 2.75) is 6.54 Å². The van der Waals surface area contributed by atoms with E-state index >= 15 is 0 Å². The lowest BCUT2D eigenvalue weighted by Gasteiger charge is -2.02. The first-order chi connectivity index (χ1) is 11.3. The Balaban J connectivity index is 1.60. The van der Waals surface area contributed by atoms with Gasteiger partial charge in [-0.15, -0.1) is 11.3 Å². The molecule has 0 aliphatic rings. The number of pyridine rings is 1. The number of thiophene rings is 1. The lowest BCUT2D eigenvalue weighted by atomic mass is 10.3. The zero-order valence-electron chi connectivity index (χ0n) is 11.8. The van der Waals surface area contributed by atoms with E-state index in [2.05, 4.69) is 20.2 Å². The minimum absolute atomic E-state index is 0.453. The molecule has 4 rings (SSSR count). The first-order valence-electron chi connectivity index (χ1n) is 6.80. The Kier molecular flexibility index (Phi) is 3.64. The Morgan fingerprint density at radius 3 is 2.91 bits per heavy atom. The molecule has 0 aromatic carbocycles. The molecule has 0 saturated carbocycles. The van der Waals surface area contributed by atoms with Gasteiger partial charge in [-0.25, -0.2) is 9.67 Å². The van der Waals surface area contributed by atoms with E-state index in [1.54, 1.807) is 10.9 Å². The lowest BCUT2D eigenvalue weighted by molar-refractivity contribution is 0.420. The van der Waals surface area contributed by atoms with Gasteiger partial charge in [-0.1, -0.05) is 22.8 Å². The summed E-state index contributed by atoms with van der Waals surface area (Å²) in [6.45, 7) is 0.453. The van der Waals surface area contributed by atoms with Gasteiger partial charge in [-0.2, -0.15) is 5.10 Å². The standard InChI is InChI=1S/C15H10ClN5OS/c16-14-5-4-13(23-14)12-7-10(20-22-12)8-21-15(18-9-19-21)11-3-1-2-6-17-11/h1-7,9H,8H2. The van der Waals surface area contributed by atoms with E-state index in [0.717, 1.165) is 16.3 Å². The molecule has 0 amide bonds. The van der Waals surface area contributed by atoms with Crippen LogP contribution < -0.4 is 0 Å². The third-order valence-electron chi connectivity index (χ3n) is 3.20. The van der Waals surface area contributed by atoms with Crippen molar-refractivity contribution in [2.75, 3.05) is 0 Å². The number of halogens is 1. The Morgan fingerprint density at radius 1 is 1.17 bits per heavy atom. The zero-order chi connectivity index (χ0) is 15.6. The van der Waals surface area contributed by atoms with Crippen LogP contribution in [0.25, 0.3) is 22.2 Å². The van der Waals surface area contributed by atoms with Gasteiger partial charge in [0.05, 0.1) is 15.8 Å². The van der Waals surface area contributed by atoms with E-state index in [9.17, 15) is 0 Å². The van der Waals surface area contributed by atoms with Crippen LogP contribution in [-0.4, -0.2) is 24.9 Å². The van der Waals surface area contributed by atoms with Crippen molar-refractivity contribution in [1.82, 2.24) is 24.9 Å². The third-order valence-corrected chi connectivity index (χ3v) is 4.44. The lowest BCUT2D eigenvalue weighted by Crippen LogP contribution is -2.05. The molecule has 8 heteroatoms. The predicted molar refractivity (Wildman–Crippen MR) is 87.2 cm³/mol. The van der Waals surface area contributed by atoms with Crippen LogP contribution in [0, 0.1) is 0 Å². The maximum Gasteiger partial charge on any atom is 0.177 e. The Morgan fingerprint density at radius 2 is 2.13 bits per heavy atom. The molecule has 0 saturated heterocycles. The number of hydrogen-bond acceptors (Lipinski definition) is 6. The molecule has 0 fully saturated rings. The molecule has 4 aromatic heterocycles. The van der Waals surface area contributed by atoms with Crippen molar-refractivity contribution in [2.24, 2.45) is 0 Å². The quantitative estimate of drug-likeness (QED) is 0.564. The van der Waals surface area contributed by atoms with E-state index in [1.165, 1.54) is 17.7 Å². The minimum Gasteiger partial charge on any atom is -0.355 e. The molecule has 114 valence electrons. The Hall–Kier alpha value is -2.51. The van der Waals surface area contributed by atoms with Gasteiger partial charge in [0.25, 0.3) is 0 Å². The summed E-state index contributed by atoms with van der Waals surface area (Å²) in [6.07, 6.45) is 3.23. The molecule has 4 aromatic rings. The molecular weight excluding hydrogens is 334 g/mol. The van der Waals surface area contributed by atoms with Crippen LogP contribution in [0.5, 0.6) is 0 Å². The smallest absolute Gasteiger partial charge is 0.177 e. The maximum absolute atomic E-state index is 5.95. The average molecular weight is 344 g/mol. The first kappa shape index (κ1) is 14.1. The van der Waals surface area contributed by atoms with Crippen LogP contribution in [0.1, 0.15) is 5.69 Å². The largest absolute Gasteiger partial charge is 0.355 e. The monoisotopic (exact) mass is 343 g/mol. The second-order valence-electron chi connectivity index (χ2n) is 4.74. The molecule has 0 atom stereocenters. The van der Waals surface area contributed by atoms with Crippen molar-refractivity contribution in [3.63, 3.8) is 0 Å². The highest BCUT2D eigenvalue weighted by atomic mass is 35.5. The van der Waals surface area contributed by atoms with Crippen molar-refractivity contribution >= 4 is 22.9 Å². The van der Waals surface area contributed by atoms with Gasteiger partial charge in [0, 0.05) is 12.3 Å². The fraction of sp³-hybridized carbons (Fsp3) is 0.0667. The van der Waals surface area contributed by atoms with Gasteiger partial charge in [-0.05, 0) is 24.3 Å². The molecule has 0 aliphatic heterocycles. The van der Waals surface area contributed by atoms with Crippen molar-refractivity contribution in [1.29, 1.82) is 0 Å². The highest BCUT2D eigenvalue weighted by Gasteiger charge is 2.13. The van der Waals surface area contributed by atoms with Gasteiger partial charge in [0.15, 0.2) is 11.6 Å². The van der Waals surface area contributed by atoms with Crippen LogP contribution in [0.4, 0.5) is 0 Å². The van der Waals surface area contributed by atoms with Gasteiger partial charge >= 0.3 is 0 Å². The molecule has 0 radical (unpaired) electrons. The number of nitrogens with zero attached hydrogens (tertiary/aromatic N) is 5. The van der Waals surface area contributed by atoms with Crippen LogP contribution >= 0.6 is 22.9 Å². The van der Waals surface area contributed by atoms with Crippen LogP contribution in [0.2, 0.25) is 4.34 Å². The summed E-state index contributed by atoms with van der Waals surface area (Å²) in [7, 11) is 0. The van der Waals surface area contributed by atoms with Gasteiger partial charge < -0.3 is 4.52 Å². The molecule has 4 heterocycles. The first-order valence-corrected chi connectivity index (χ1v) is 7.99. The highest BCUT2D eigenvalue weighted by molar-refractivity contribution is 7.19. The van der Waals surface area contributed by atoms with Crippen LogP contribution in [0.3, 0.4) is 0 Å². The summed E-state index contributed by atoms with van der Waals surface area (Å²) in [5.41, 5.74) is 1.52. The zero-order valence-corrected chi connectivity index (χ0v) is 13.3. The predicted octanol–water partition coefficient (Wildman–Crippen LogP) is 3.76.